The van der Waals surface area contributed by atoms with Gasteiger partial charge in [-0.25, -0.2) is 0 Å². The van der Waals surface area contributed by atoms with E-state index in [4.69, 9.17) is 0 Å². The molecule has 2 N–H and O–H groups in total. The SMILES string of the molecule is OC1(C2CCc3cccnc32)CCNC1. The summed E-state index contributed by atoms with van der Waals surface area (Å²) in [7, 11) is 0. The van der Waals surface area contributed by atoms with Crippen molar-refractivity contribution >= 4 is 0 Å². The Labute approximate surface area is 89.5 Å². The van der Waals surface area contributed by atoms with Crippen LogP contribution in [-0.2, 0) is 6.42 Å². The quantitative estimate of drug-likeness (QED) is 0.712. The predicted molar refractivity (Wildman–Crippen MR) is 57.7 cm³/mol. The topological polar surface area (TPSA) is 45.2 Å². The molecule has 1 saturated heterocycles. The largest absolute Gasteiger partial charge is 0.388 e. The molecule has 0 saturated carbocycles. The zero-order valence-corrected chi connectivity index (χ0v) is 8.74. The minimum Gasteiger partial charge on any atom is -0.388 e. The van der Waals surface area contributed by atoms with Crippen LogP contribution in [0.1, 0.15) is 30.0 Å². The summed E-state index contributed by atoms with van der Waals surface area (Å²) >= 11 is 0. The molecular weight excluding hydrogens is 188 g/mol. The normalized spacial score (nSPS) is 34.3. The molecule has 0 aromatic carbocycles. The first-order chi connectivity index (χ1) is 7.30. The molecule has 0 bridgehead atoms. The Balaban J connectivity index is 1.96. The van der Waals surface area contributed by atoms with Crippen molar-refractivity contribution in [3.8, 4) is 0 Å². The average Bonchev–Trinajstić information content (AvgIpc) is 2.84. The molecule has 1 aromatic rings. The highest BCUT2D eigenvalue weighted by Crippen LogP contribution is 2.41. The van der Waals surface area contributed by atoms with Gasteiger partial charge in [0.25, 0.3) is 0 Å². The first kappa shape index (κ1) is 9.31. The molecule has 2 aliphatic rings. The standard InChI is InChI=1S/C12H16N2O/c15-12(5-7-13-8-12)10-4-3-9-2-1-6-14-11(9)10/h1-2,6,10,13,15H,3-5,7-8H2. The molecule has 0 amide bonds. The predicted octanol–water partition coefficient (Wildman–Crippen LogP) is 0.836. The van der Waals surface area contributed by atoms with Crippen molar-refractivity contribution in [3.05, 3.63) is 29.6 Å². The fourth-order valence-electron chi connectivity index (χ4n) is 2.93. The molecule has 2 unspecified atom stereocenters. The van der Waals surface area contributed by atoms with E-state index < -0.39 is 5.60 Å². The Bertz CT molecular complexity index is 372. The first-order valence-corrected chi connectivity index (χ1v) is 5.66. The van der Waals surface area contributed by atoms with Crippen LogP contribution in [0.5, 0.6) is 0 Å². The Morgan fingerprint density at radius 1 is 1.53 bits per heavy atom. The van der Waals surface area contributed by atoms with Crippen LogP contribution in [0.3, 0.4) is 0 Å². The molecular formula is C12H16N2O. The second kappa shape index (κ2) is 3.29. The van der Waals surface area contributed by atoms with E-state index in [-0.39, 0.29) is 5.92 Å². The lowest BCUT2D eigenvalue weighted by atomic mass is 9.84. The molecule has 3 nitrogen and oxygen atoms in total. The van der Waals surface area contributed by atoms with E-state index in [1.165, 1.54) is 5.56 Å². The second-order valence-electron chi connectivity index (χ2n) is 4.67. The number of hydrogen-bond acceptors (Lipinski definition) is 3. The van der Waals surface area contributed by atoms with Gasteiger partial charge in [-0.15, -0.1) is 0 Å². The van der Waals surface area contributed by atoms with Gasteiger partial charge in [-0.1, -0.05) is 6.07 Å². The maximum absolute atomic E-state index is 10.5. The fourth-order valence-corrected chi connectivity index (χ4v) is 2.93. The number of pyridine rings is 1. The smallest absolute Gasteiger partial charge is 0.0867 e. The van der Waals surface area contributed by atoms with Crippen LogP contribution in [0.2, 0.25) is 0 Å². The maximum atomic E-state index is 10.5. The van der Waals surface area contributed by atoms with Gasteiger partial charge in [0.15, 0.2) is 0 Å². The Morgan fingerprint density at radius 2 is 2.47 bits per heavy atom. The molecule has 15 heavy (non-hydrogen) atoms. The third-order valence-electron chi connectivity index (χ3n) is 3.77. The van der Waals surface area contributed by atoms with Crippen molar-refractivity contribution < 1.29 is 5.11 Å². The summed E-state index contributed by atoms with van der Waals surface area (Å²) < 4.78 is 0. The minimum atomic E-state index is -0.556. The van der Waals surface area contributed by atoms with Gasteiger partial charge >= 0.3 is 0 Å². The van der Waals surface area contributed by atoms with Crippen LogP contribution in [0, 0.1) is 0 Å². The van der Waals surface area contributed by atoms with Crippen LogP contribution < -0.4 is 5.32 Å². The van der Waals surface area contributed by atoms with E-state index in [0.717, 1.165) is 31.5 Å². The van der Waals surface area contributed by atoms with Crippen LogP contribution in [0.4, 0.5) is 0 Å². The zero-order valence-electron chi connectivity index (χ0n) is 8.74. The highest BCUT2D eigenvalue weighted by Gasteiger charge is 2.43. The third-order valence-corrected chi connectivity index (χ3v) is 3.77. The van der Waals surface area contributed by atoms with Crippen molar-refractivity contribution in [2.24, 2.45) is 0 Å². The fraction of sp³-hybridized carbons (Fsp3) is 0.583. The van der Waals surface area contributed by atoms with E-state index in [9.17, 15) is 5.11 Å². The van der Waals surface area contributed by atoms with E-state index in [1.54, 1.807) is 0 Å². The summed E-state index contributed by atoms with van der Waals surface area (Å²) in [5.41, 5.74) is 1.89. The van der Waals surface area contributed by atoms with E-state index in [2.05, 4.69) is 16.4 Å². The molecule has 2 heterocycles. The number of nitrogens with one attached hydrogen (secondary N) is 1. The highest BCUT2D eigenvalue weighted by molar-refractivity contribution is 5.31. The molecule has 2 atom stereocenters. The summed E-state index contributed by atoms with van der Waals surface area (Å²) in [6, 6.07) is 4.12. The van der Waals surface area contributed by atoms with Gasteiger partial charge in [0.1, 0.15) is 0 Å². The monoisotopic (exact) mass is 204 g/mol. The van der Waals surface area contributed by atoms with Gasteiger partial charge in [-0.3, -0.25) is 4.98 Å². The van der Waals surface area contributed by atoms with Crippen molar-refractivity contribution in [2.45, 2.75) is 30.8 Å². The summed E-state index contributed by atoms with van der Waals surface area (Å²) in [6.07, 6.45) is 4.80. The minimum absolute atomic E-state index is 0.240. The molecule has 3 rings (SSSR count). The Kier molecular flexibility index (Phi) is 2.04. The van der Waals surface area contributed by atoms with Gasteiger partial charge in [0.2, 0.25) is 0 Å². The summed E-state index contributed by atoms with van der Waals surface area (Å²) in [5, 5.41) is 13.8. The molecule has 0 radical (unpaired) electrons. The lowest BCUT2D eigenvalue weighted by molar-refractivity contribution is 0.0310. The van der Waals surface area contributed by atoms with E-state index >= 15 is 0 Å². The number of β-amino-alcohol motifs (C(OH)–C–C–N with tert-alkyl or cyclic N) is 1. The summed E-state index contributed by atoms with van der Waals surface area (Å²) in [4.78, 5) is 4.44. The summed E-state index contributed by atoms with van der Waals surface area (Å²) in [5.74, 6) is 0.240. The third kappa shape index (κ3) is 1.38. The number of aromatic nitrogens is 1. The summed E-state index contributed by atoms with van der Waals surface area (Å²) in [6.45, 7) is 1.64. The second-order valence-corrected chi connectivity index (χ2v) is 4.67. The van der Waals surface area contributed by atoms with Crippen molar-refractivity contribution in [3.63, 3.8) is 0 Å². The van der Waals surface area contributed by atoms with Crippen LogP contribution in [0.15, 0.2) is 18.3 Å². The maximum Gasteiger partial charge on any atom is 0.0867 e. The highest BCUT2D eigenvalue weighted by atomic mass is 16.3. The average molecular weight is 204 g/mol. The first-order valence-electron chi connectivity index (χ1n) is 5.66. The molecule has 80 valence electrons. The van der Waals surface area contributed by atoms with Crippen LogP contribution >= 0.6 is 0 Å². The zero-order chi connectivity index (χ0) is 10.3. The van der Waals surface area contributed by atoms with Gasteiger partial charge < -0.3 is 10.4 Å². The lowest BCUT2D eigenvalue weighted by Gasteiger charge is -2.28. The number of rotatable bonds is 1. The van der Waals surface area contributed by atoms with Gasteiger partial charge in [-0.05, 0) is 37.4 Å². The number of aryl methyl sites for hydroxylation is 1. The number of hydrogen-bond donors (Lipinski definition) is 2. The van der Waals surface area contributed by atoms with Crippen LogP contribution in [-0.4, -0.2) is 28.8 Å². The molecule has 1 fully saturated rings. The van der Waals surface area contributed by atoms with Gasteiger partial charge in [-0.2, -0.15) is 0 Å². The van der Waals surface area contributed by atoms with Crippen molar-refractivity contribution in [1.82, 2.24) is 10.3 Å². The molecule has 1 aliphatic heterocycles. The van der Waals surface area contributed by atoms with Crippen molar-refractivity contribution in [1.29, 1.82) is 0 Å². The van der Waals surface area contributed by atoms with E-state index in [0.29, 0.717) is 6.54 Å². The molecule has 1 aromatic heterocycles. The molecule has 1 aliphatic carbocycles. The molecule has 0 spiro atoms. The van der Waals surface area contributed by atoms with Gasteiger partial charge in [0, 0.05) is 24.4 Å². The molecule has 3 heteroatoms. The number of fused-ring (bicyclic) bond motifs is 1. The number of nitrogens with zero attached hydrogens (tertiary/aromatic N) is 1. The van der Waals surface area contributed by atoms with Gasteiger partial charge in [0.05, 0.1) is 5.60 Å². The number of aliphatic hydroxyl groups is 1. The Hall–Kier alpha value is -0.930. The Morgan fingerprint density at radius 3 is 3.27 bits per heavy atom. The van der Waals surface area contributed by atoms with Crippen LogP contribution in [0.25, 0.3) is 0 Å². The lowest BCUT2D eigenvalue weighted by Crippen LogP contribution is -2.37. The van der Waals surface area contributed by atoms with E-state index in [1.807, 2.05) is 12.3 Å². The van der Waals surface area contributed by atoms with Crippen molar-refractivity contribution in [2.75, 3.05) is 13.1 Å².